The smallest absolute Gasteiger partial charge is 0.143 e. The molecule has 0 unspecified atom stereocenters. The first kappa shape index (κ1) is 29.5. The molecule has 51 heavy (non-hydrogen) atoms. The quantitative estimate of drug-likeness (QED) is 0.184. The van der Waals surface area contributed by atoms with Gasteiger partial charge < -0.3 is 9.32 Å². The van der Waals surface area contributed by atoms with Crippen molar-refractivity contribution in [1.82, 2.24) is 0 Å². The Labute approximate surface area is 297 Å². The van der Waals surface area contributed by atoms with Crippen molar-refractivity contribution in [1.29, 1.82) is 0 Å². The highest BCUT2D eigenvalue weighted by molar-refractivity contribution is 6.22. The molecule has 0 aliphatic heterocycles. The summed E-state index contributed by atoms with van der Waals surface area (Å²) in [5.74, 6) is 0. The van der Waals surface area contributed by atoms with E-state index in [1.165, 1.54) is 49.9 Å². The lowest BCUT2D eigenvalue weighted by Crippen LogP contribution is -2.16. The monoisotopic (exact) mass is 653 g/mol. The van der Waals surface area contributed by atoms with Crippen LogP contribution in [0.2, 0.25) is 0 Å². The van der Waals surface area contributed by atoms with E-state index >= 15 is 0 Å². The largest absolute Gasteiger partial charge is 0.455 e. The maximum atomic E-state index is 6.82. The third-order valence-corrected chi connectivity index (χ3v) is 10.9. The van der Waals surface area contributed by atoms with E-state index < -0.39 is 0 Å². The molecule has 2 nitrogen and oxygen atoms in total. The minimum absolute atomic E-state index is 0.122. The van der Waals surface area contributed by atoms with E-state index in [0.717, 1.165) is 44.4 Å². The second-order valence-electron chi connectivity index (χ2n) is 14.1. The summed E-state index contributed by atoms with van der Waals surface area (Å²) in [4.78, 5) is 2.42. The fourth-order valence-corrected chi connectivity index (χ4v) is 8.36. The zero-order valence-electron chi connectivity index (χ0n) is 28.6. The molecule has 0 atom stereocenters. The van der Waals surface area contributed by atoms with Crippen molar-refractivity contribution in [2.24, 2.45) is 0 Å². The lowest BCUT2D eigenvalue weighted by molar-refractivity contribution is 0.660. The molecule has 0 spiro atoms. The minimum Gasteiger partial charge on any atom is -0.455 e. The molecule has 0 amide bonds. The van der Waals surface area contributed by atoms with Gasteiger partial charge in [0.2, 0.25) is 0 Å². The summed E-state index contributed by atoms with van der Waals surface area (Å²) in [6.45, 7) is 4.70. The number of anilines is 3. The van der Waals surface area contributed by atoms with Gasteiger partial charge in [0.1, 0.15) is 11.2 Å². The Morgan fingerprint density at radius 1 is 0.431 bits per heavy atom. The third kappa shape index (κ3) is 4.57. The minimum atomic E-state index is -0.122. The molecule has 242 valence electrons. The molecule has 8 aromatic carbocycles. The number of benzene rings is 8. The van der Waals surface area contributed by atoms with Crippen LogP contribution in [0.5, 0.6) is 0 Å². The Bertz CT molecular complexity index is 2760. The van der Waals surface area contributed by atoms with E-state index in [4.69, 9.17) is 4.42 Å². The molecule has 1 aliphatic carbocycles. The van der Waals surface area contributed by atoms with Crippen molar-refractivity contribution < 1.29 is 4.42 Å². The Kier molecular flexibility index (Phi) is 6.56. The van der Waals surface area contributed by atoms with Gasteiger partial charge in [0.25, 0.3) is 0 Å². The molecule has 1 aliphatic rings. The normalized spacial score (nSPS) is 13.1. The summed E-state index contributed by atoms with van der Waals surface area (Å²) in [6.07, 6.45) is 0. The second kappa shape index (κ2) is 11.3. The van der Waals surface area contributed by atoms with Crippen molar-refractivity contribution in [3.05, 3.63) is 187 Å². The van der Waals surface area contributed by atoms with Gasteiger partial charge >= 0.3 is 0 Å². The van der Waals surface area contributed by atoms with Crippen LogP contribution in [0.4, 0.5) is 17.1 Å². The standard InChI is InChI=1S/C49H35NO/c1-49(2)43-21-12-11-19-38(43)39-29-28-36(30-44(39)49)50(35-26-24-33(25-27-35)32-14-5-3-6-15-32)45-22-13-23-46-47(45)42-31-41(34-16-7-4-8-17-34)37-18-9-10-20-40(37)48(42)51-46/h3-31H,1-2H3. The van der Waals surface area contributed by atoms with Gasteiger partial charge in [-0.15, -0.1) is 0 Å². The topological polar surface area (TPSA) is 16.4 Å². The van der Waals surface area contributed by atoms with Crippen LogP contribution in [0.15, 0.2) is 180 Å². The summed E-state index contributed by atoms with van der Waals surface area (Å²) in [7, 11) is 0. The Hall–Kier alpha value is -6.38. The van der Waals surface area contributed by atoms with Crippen LogP contribution in [-0.4, -0.2) is 0 Å². The molecule has 0 bridgehead atoms. The van der Waals surface area contributed by atoms with Crippen molar-refractivity contribution >= 4 is 49.8 Å². The van der Waals surface area contributed by atoms with Crippen LogP contribution in [0.25, 0.3) is 66.1 Å². The number of furan rings is 1. The van der Waals surface area contributed by atoms with Gasteiger partial charge in [-0.3, -0.25) is 0 Å². The summed E-state index contributed by atoms with van der Waals surface area (Å²) in [6, 6.07) is 63.5. The van der Waals surface area contributed by atoms with Gasteiger partial charge in [0.15, 0.2) is 0 Å². The highest BCUT2D eigenvalue weighted by atomic mass is 16.3. The molecule has 0 saturated carbocycles. The van der Waals surface area contributed by atoms with E-state index in [9.17, 15) is 0 Å². The van der Waals surface area contributed by atoms with Crippen molar-refractivity contribution in [3.8, 4) is 33.4 Å². The maximum absolute atomic E-state index is 6.82. The molecular formula is C49H35NO. The molecule has 1 heterocycles. The van der Waals surface area contributed by atoms with E-state index in [1.807, 2.05) is 0 Å². The molecule has 0 radical (unpaired) electrons. The van der Waals surface area contributed by atoms with Gasteiger partial charge in [-0.25, -0.2) is 0 Å². The van der Waals surface area contributed by atoms with Crippen LogP contribution in [0, 0.1) is 0 Å². The highest BCUT2D eigenvalue weighted by Crippen LogP contribution is 2.52. The Balaban J connectivity index is 1.24. The fraction of sp³-hybridized carbons (Fsp3) is 0.0612. The zero-order valence-corrected chi connectivity index (χ0v) is 28.6. The first-order valence-electron chi connectivity index (χ1n) is 17.7. The number of hydrogen-bond acceptors (Lipinski definition) is 2. The summed E-state index contributed by atoms with van der Waals surface area (Å²) in [5.41, 5.74) is 15.1. The lowest BCUT2D eigenvalue weighted by Gasteiger charge is -2.29. The average molecular weight is 654 g/mol. The van der Waals surface area contributed by atoms with Crippen LogP contribution < -0.4 is 4.90 Å². The number of nitrogens with zero attached hydrogens (tertiary/aromatic N) is 1. The number of fused-ring (bicyclic) bond motifs is 8. The second-order valence-corrected chi connectivity index (χ2v) is 14.1. The van der Waals surface area contributed by atoms with E-state index in [2.05, 4.69) is 195 Å². The van der Waals surface area contributed by atoms with Crippen LogP contribution >= 0.6 is 0 Å². The molecule has 9 aromatic rings. The first-order valence-corrected chi connectivity index (χ1v) is 17.7. The number of rotatable bonds is 5. The molecule has 1 aromatic heterocycles. The van der Waals surface area contributed by atoms with Gasteiger partial charge in [0.05, 0.1) is 11.1 Å². The Morgan fingerprint density at radius 2 is 1.06 bits per heavy atom. The molecule has 10 rings (SSSR count). The summed E-state index contributed by atoms with van der Waals surface area (Å²) >= 11 is 0. The van der Waals surface area contributed by atoms with Gasteiger partial charge in [0, 0.05) is 27.6 Å². The van der Waals surface area contributed by atoms with E-state index in [1.54, 1.807) is 0 Å². The van der Waals surface area contributed by atoms with Crippen molar-refractivity contribution in [2.75, 3.05) is 4.90 Å². The highest BCUT2D eigenvalue weighted by Gasteiger charge is 2.36. The van der Waals surface area contributed by atoms with Crippen LogP contribution in [-0.2, 0) is 5.41 Å². The summed E-state index contributed by atoms with van der Waals surface area (Å²) in [5, 5.41) is 4.51. The third-order valence-electron chi connectivity index (χ3n) is 10.9. The SMILES string of the molecule is CC1(C)c2ccccc2-c2ccc(N(c3ccc(-c4ccccc4)cc3)c3cccc4oc5c6ccccc6c(-c6ccccc6)cc5c34)cc21. The Morgan fingerprint density at radius 3 is 1.84 bits per heavy atom. The predicted molar refractivity (Wildman–Crippen MR) is 214 cm³/mol. The van der Waals surface area contributed by atoms with Gasteiger partial charge in [-0.2, -0.15) is 0 Å². The fourth-order valence-electron chi connectivity index (χ4n) is 8.36. The molecular weight excluding hydrogens is 619 g/mol. The predicted octanol–water partition coefficient (Wildman–Crippen LogP) is 13.8. The van der Waals surface area contributed by atoms with Gasteiger partial charge in [-0.1, -0.05) is 147 Å². The lowest BCUT2D eigenvalue weighted by atomic mass is 9.82. The summed E-state index contributed by atoms with van der Waals surface area (Å²) < 4.78 is 6.82. The maximum Gasteiger partial charge on any atom is 0.143 e. The van der Waals surface area contributed by atoms with E-state index in [-0.39, 0.29) is 5.41 Å². The first-order chi connectivity index (χ1) is 25.1. The van der Waals surface area contributed by atoms with Crippen molar-refractivity contribution in [3.63, 3.8) is 0 Å². The molecule has 2 heteroatoms. The van der Waals surface area contributed by atoms with Gasteiger partial charge in [-0.05, 0) is 92.4 Å². The molecule has 0 fully saturated rings. The van der Waals surface area contributed by atoms with Crippen LogP contribution in [0.1, 0.15) is 25.0 Å². The number of hydrogen-bond donors (Lipinski definition) is 0. The average Bonchev–Trinajstić information content (AvgIpc) is 3.68. The van der Waals surface area contributed by atoms with Crippen LogP contribution in [0.3, 0.4) is 0 Å². The molecule has 0 saturated heterocycles. The van der Waals surface area contributed by atoms with E-state index in [0.29, 0.717) is 0 Å². The zero-order chi connectivity index (χ0) is 34.1. The molecule has 0 N–H and O–H groups in total. The van der Waals surface area contributed by atoms with Crippen molar-refractivity contribution in [2.45, 2.75) is 19.3 Å².